The molecule has 1 aliphatic heterocycles. The lowest BCUT2D eigenvalue weighted by Gasteiger charge is -2.26. The summed E-state index contributed by atoms with van der Waals surface area (Å²) >= 11 is 0. The molecular formula is C17H23N3O3S. The lowest BCUT2D eigenvalue weighted by atomic mass is 10.1. The maximum Gasteiger partial charge on any atom is 0.243 e. The van der Waals surface area contributed by atoms with Gasteiger partial charge in [0.05, 0.1) is 23.2 Å². The molecule has 2 atom stereocenters. The number of aromatic nitrogens is 2. The van der Waals surface area contributed by atoms with Gasteiger partial charge in [-0.15, -0.1) is 0 Å². The Labute approximate surface area is 143 Å². The van der Waals surface area contributed by atoms with Crippen LogP contribution in [0, 0.1) is 6.92 Å². The second-order valence-corrected chi connectivity index (χ2v) is 8.18. The van der Waals surface area contributed by atoms with Crippen LogP contribution >= 0.6 is 0 Å². The SMILES string of the molecule is CO[C@@H]1CCN(S(=O)(=O)c2cccc(C)c2)[C@@H]1Cc1cnn(C)c1. The molecule has 0 unspecified atom stereocenters. The molecule has 1 aromatic heterocycles. The molecule has 1 fully saturated rings. The van der Waals surface area contributed by atoms with Crippen LogP contribution in [0.25, 0.3) is 0 Å². The Kier molecular flexibility index (Phi) is 4.76. The van der Waals surface area contributed by atoms with Crippen LogP contribution in [0.2, 0.25) is 0 Å². The summed E-state index contributed by atoms with van der Waals surface area (Å²) in [5, 5.41) is 4.17. The highest BCUT2D eigenvalue weighted by molar-refractivity contribution is 7.89. The van der Waals surface area contributed by atoms with Crippen molar-refractivity contribution in [3.8, 4) is 0 Å². The van der Waals surface area contributed by atoms with Gasteiger partial charge in [-0.3, -0.25) is 4.68 Å². The minimum Gasteiger partial charge on any atom is -0.380 e. The molecule has 6 nitrogen and oxygen atoms in total. The summed E-state index contributed by atoms with van der Waals surface area (Å²) in [6.45, 7) is 2.37. The van der Waals surface area contributed by atoms with E-state index in [4.69, 9.17) is 4.74 Å². The molecule has 0 radical (unpaired) electrons. The molecule has 1 aromatic carbocycles. The van der Waals surface area contributed by atoms with E-state index >= 15 is 0 Å². The Morgan fingerprint density at radius 1 is 1.38 bits per heavy atom. The first-order valence-electron chi connectivity index (χ1n) is 8.00. The molecule has 0 N–H and O–H groups in total. The van der Waals surface area contributed by atoms with E-state index in [-0.39, 0.29) is 12.1 Å². The summed E-state index contributed by atoms with van der Waals surface area (Å²) in [5.74, 6) is 0. The molecule has 2 heterocycles. The molecule has 24 heavy (non-hydrogen) atoms. The Bertz CT molecular complexity index is 816. The Morgan fingerprint density at radius 2 is 2.17 bits per heavy atom. The van der Waals surface area contributed by atoms with Crippen LogP contribution in [0.3, 0.4) is 0 Å². The molecule has 0 bridgehead atoms. The summed E-state index contributed by atoms with van der Waals surface area (Å²) in [5.41, 5.74) is 1.94. The van der Waals surface area contributed by atoms with Gasteiger partial charge in [0.25, 0.3) is 0 Å². The van der Waals surface area contributed by atoms with Gasteiger partial charge in [0, 0.05) is 26.9 Å². The van der Waals surface area contributed by atoms with E-state index in [1.165, 1.54) is 0 Å². The van der Waals surface area contributed by atoms with Crippen LogP contribution in [-0.4, -0.2) is 48.3 Å². The number of aryl methyl sites for hydroxylation is 2. The maximum atomic E-state index is 13.1. The average Bonchev–Trinajstić information content (AvgIpc) is 3.14. The zero-order valence-electron chi connectivity index (χ0n) is 14.2. The van der Waals surface area contributed by atoms with Gasteiger partial charge in [0.1, 0.15) is 0 Å². The summed E-state index contributed by atoms with van der Waals surface area (Å²) in [6, 6.07) is 6.83. The molecule has 130 valence electrons. The van der Waals surface area contributed by atoms with E-state index in [0.717, 1.165) is 11.1 Å². The Balaban J connectivity index is 1.92. The molecule has 2 aromatic rings. The van der Waals surface area contributed by atoms with Crippen LogP contribution in [0.5, 0.6) is 0 Å². The molecule has 1 saturated heterocycles. The van der Waals surface area contributed by atoms with Crippen LogP contribution < -0.4 is 0 Å². The van der Waals surface area contributed by atoms with E-state index in [0.29, 0.717) is 24.3 Å². The van der Waals surface area contributed by atoms with Crippen LogP contribution in [0.1, 0.15) is 17.5 Å². The summed E-state index contributed by atoms with van der Waals surface area (Å²) < 4.78 is 35.1. The predicted octanol–water partition coefficient (Wildman–Crippen LogP) is 1.75. The van der Waals surface area contributed by atoms with Crippen molar-refractivity contribution in [1.82, 2.24) is 14.1 Å². The van der Waals surface area contributed by atoms with E-state index in [9.17, 15) is 8.42 Å². The monoisotopic (exact) mass is 349 g/mol. The smallest absolute Gasteiger partial charge is 0.243 e. The van der Waals surface area contributed by atoms with Gasteiger partial charge in [-0.1, -0.05) is 12.1 Å². The summed E-state index contributed by atoms with van der Waals surface area (Å²) in [6.07, 6.45) is 4.89. The third-order valence-electron chi connectivity index (χ3n) is 4.54. The Morgan fingerprint density at radius 3 is 2.79 bits per heavy atom. The first kappa shape index (κ1) is 17.1. The number of methoxy groups -OCH3 is 1. The maximum absolute atomic E-state index is 13.1. The molecule has 0 aliphatic carbocycles. The minimum absolute atomic E-state index is 0.107. The topological polar surface area (TPSA) is 64.4 Å². The van der Waals surface area contributed by atoms with Crippen LogP contribution in [0.15, 0.2) is 41.6 Å². The molecular weight excluding hydrogens is 326 g/mol. The number of sulfonamides is 1. The summed E-state index contributed by atoms with van der Waals surface area (Å²) in [4.78, 5) is 0.343. The van der Waals surface area contributed by atoms with Crippen LogP contribution in [0.4, 0.5) is 0 Å². The highest BCUT2D eigenvalue weighted by Crippen LogP contribution is 2.30. The standard InChI is InChI=1S/C17H23N3O3S/c1-13-5-4-6-15(9-13)24(21,22)20-8-7-17(23-3)16(20)10-14-11-18-19(2)12-14/h4-6,9,11-12,16-17H,7-8,10H2,1-3H3/t16-,17-/m1/s1. The number of ether oxygens (including phenoxy) is 1. The van der Waals surface area contributed by atoms with E-state index < -0.39 is 10.0 Å². The van der Waals surface area contributed by atoms with Crippen LogP contribution in [-0.2, 0) is 28.2 Å². The molecule has 7 heteroatoms. The van der Waals surface area contributed by atoms with Gasteiger partial charge in [-0.05, 0) is 43.0 Å². The largest absolute Gasteiger partial charge is 0.380 e. The second kappa shape index (κ2) is 6.66. The fourth-order valence-electron chi connectivity index (χ4n) is 3.33. The van der Waals surface area contributed by atoms with Crippen molar-refractivity contribution in [2.45, 2.75) is 36.8 Å². The third-order valence-corrected chi connectivity index (χ3v) is 6.46. The number of benzene rings is 1. The minimum atomic E-state index is -3.54. The van der Waals surface area contributed by atoms with Crippen molar-refractivity contribution in [3.63, 3.8) is 0 Å². The quantitative estimate of drug-likeness (QED) is 0.825. The van der Waals surface area contributed by atoms with Crippen molar-refractivity contribution in [2.75, 3.05) is 13.7 Å². The van der Waals surface area contributed by atoms with E-state index in [2.05, 4.69) is 5.10 Å². The second-order valence-electron chi connectivity index (χ2n) is 6.29. The Hall–Kier alpha value is -1.70. The molecule has 0 saturated carbocycles. The first-order valence-corrected chi connectivity index (χ1v) is 9.44. The van der Waals surface area contributed by atoms with E-state index in [1.807, 2.05) is 26.2 Å². The van der Waals surface area contributed by atoms with Gasteiger partial charge < -0.3 is 4.74 Å². The molecule has 0 amide bonds. The van der Waals surface area contributed by atoms with Crippen molar-refractivity contribution in [1.29, 1.82) is 0 Å². The average molecular weight is 349 g/mol. The van der Waals surface area contributed by atoms with Crippen molar-refractivity contribution < 1.29 is 13.2 Å². The molecule has 0 spiro atoms. The van der Waals surface area contributed by atoms with E-state index in [1.54, 1.807) is 40.5 Å². The number of nitrogens with zero attached hydrogens (tertiary/aromatic N) is 3. The highest BCUT2D eigenvalue weighted by atomic mass is 32.2. The fraction of sp³-hybridized carbons (Fsp3) is 0.471. The third kappa shape index (κ3) is 3.24. The van der Waals surface area contributed by atoms with Gasteiger partial charge >= 0.3 is 0 Å². The normalized spacial score (nSPS) is 22.1. The first-order chi connectivity index (χ1) is 11.4. The van der Waals surface area contributed by atoms with Gasteiger partial charge in [0.2, 0.25) is 10.0 Å². The number of hydrogen-bond acceptors (Lipinski definition) is 4. The zero-order chi connectivity index (χ0) is 17.3. The van der Waals surface area contributed by atoms with Gasteiger partial charge in [0.15, 0.2) is 0 Å². The van der Waals surface area contributed by atoms with Crippen molar-refractivity contribution in [2.24, 2.45) is 7.05 Å². The zero-order valence-corrected chi connectivity index (χ0v) is 15.0. The molecule has 3 rings (SSSR count). The lowest BCUT2D eigenvalue weighted by Crippen LogP contribution is -2.41. The highest BCUT2D eigenvalue weighted by Gasteiger charge is 2.41. The predicted molar refractivity (Wildman–Crippen MR) is 91.2 cm³/mol. The number of hydrogen-bond donors (Lipinski definition) is 0. The number of rotatable bonds is 5. The molecule has 1 aliphatic rings. The van der Waals surface area contributed by atoms with Crippen molar-refractivity contribution >= 4 is 10.0 Å². The van der Waals surface area contributed by atoms with Crippen molar-refractivity contribution in [3.05, 3.63) is 47.8 Å². The van der Waals surface area contributed by atoms with Gasteiger partial charge in [-0.25, -0.2) is 8.42 Å². The van der Waals surface area contributed by atoms with Gasteiger partial charge in [-0.2, -0.15) is 9.40 Å². The summed E-state index contributed by atoms with van der Waals surface area (Å²) in [7, 11) is -0.0436. The lowest BCUT2D eigenvalue weighted by molar-refractivity contribution is 0.0810. The fourth-order valence-corrected chi connectivity index (χ4v) is 5.10.